The van der Waals surface area contributed by atoms with Crippen molar-refractivity contribution in [2.45, 2.75) is 37.5 Å². The first kappa shape index (κ1) is 19.8. The van der Waals surface area contributed by atoms with Crippen molar-refractivity contribution in [1.82, 2.24) is 4.31 Å². The lowest BCUT2D eigenvalue weighted by Crippen LogP contribution is -2.32. The van der Waals surface area contributed by atoms with Gasteiger partial charge in [0, 0.05) is 18.8 Å². The Hall–Kier alpha value is -1.56. The normalized spacial score (nSPS) is 16.0. The van der Waals surface area contributed by atoms with Crippen LogP contribution in [0.15, 0.2) is 23.1 Å². The quantitative estimate of drug-likeness (QED) is 0.765. The number of sulfonamides is 1. The first-order valence-electron chi connectivity index (χ1n) is 8.30. The zero-order valence-electron chi connectivity index (χ0n) is 14.3. The molecule has 0 radical (unpaired) electrons. The first-order valence-corrected chi connectivity index (χ1v) is 10.9. The molecule has 136 valence electrons. The number of amides is 1. The average Bonchev–Trinajstić information content (AvgIpc) is 2.86. The van der Waals surface area contributed by atoms with E-state index in [1.807, 2.05) is 6.07 Å². The molecule has 0 bridgehead atoms. The van der Waals surface area contributed by atoms with Crippen LogP contribution in [0.25, 0.3) is 0 Å². The number of carbonyl (C=O) groups is 1. The molecular formula is C17H23N3O3S2. The summed E-state index contributed by atoms with van der Waals surface area (Å²) in [5.41, 5.74) is 1.13. The van der Waals surface area contributed by atoms with E-state index < -0.39 is 10.0 Å². The molecule has 1 saturated heterocycles. The van der Waals surface area contributed by atoms with Gasteiger partial charge >= 0.3 is 0 Å². The van der Waals surface area contributed by atoms with Gasteiger partial charge in [0.25, 0.3) is 0 Å². The maximum Gasteiger partial charge on any atom is 0.243 e. The minimum absolute atomic E-state index is 0.162. The maximum absolute atomic E-state index is 13.0. The fourth-order valence-corrected chi connectivity index (χ4v) is 4.98. The number of rotatable bonds is 6. The van der Waals surface area contributed by atoms with Gasteiger partial charge in [-0.1, -0.05) is 18.9 Å². The highest BCUT2D eigenvalue weighted by Crippen LogP contribution is 2.25. The maximum atomic E-state index is 13.0. The predicted octanol–water partition coefficient (Wildman–Crippen LogP) is 2.76. The van der Waals surface area contributed by atoms with Crippen molar-refractivity contribution in [3.63, 3.8) is 0 Å². The Kier molecular flexibility index (Phi) is 7.29. The summed E-state index contributed by atoms with van der Waals surface area (Å²) in [4.78, 5) is 12.1. The highest BCUT2D eigenvalue weighted by atomic mass is 32.2. The second kappa shape index (κ2) is 9.22. The lowest BCUT2D eigenvalue weighted by atomic mass is 10.2. The number of hydrogen-bond acceptors (Lipinski definition) is 5. The number of nitrogens with one attached hydrogen (secondary N) is 1. The molecule has 0 aromatic heterocycles. The Morgan fingerprint density at radius 2 is 1.96 bits per heavy atom. The summed E-state index contributed by atoms with van der Waals surface area (Å²) >= 11 is 1.22. The molecule has 1 N–H and O–H groups in total. The van der Waals surface area contributed by atoms with Gasteiger partial charge in [0.05, 0.1) is 22.5 Å². The van der Waals surface area contributed by atoms with Crippen molar-refractivity contribution in [2.75, 3.05) is 29.9 Å². The molecule has 1 fully saturated rings. The van der Waals surface area contributed by atoms with Crippen LogP contribution < -0.4 is 5.32 Å². The average molecular weight is 382 g/mol. The smallest absolute Gasteiger partial charge is 0.243 e. The molecule has 6 nitrogen and oxygen atoms in total. The molecule has 1 aromatic carbocycles. The van der Waals surface area contributed by atoms with Crippen molar-refractivity contribution < 1.29 is 13.2 Å². The van der Waals surface area contributed by atoms with Crippen molar-refractivity contribution in [3.8, 4) is 6.07 Å². The number of anilines is 1. The summed E-state index contributed by atoms with van der Waals surface area (Å²) in [6, 6.07) is 6.90. The van der Waals surface area contributed by atoms with Gasteiger partial charge in [-0.3, -0.25) is 4.79 Å². The summed E-state index contributed by atoms with van der Waals surface area (Å²) in [6.45, 7) is 2.85. The number of hydrogen-bond donors (Lipinski definition) is 1. The summed E-state index contributed by atoms with van der Waals surface area (Å²) in [5, 5.41) is 11.2. The fraction of sp³-hybridized carbons (Fsp3) is 0.529. The number of aryl methyl sites for hydroxylation is 1. The summed E-state index contributed by atoms with van der Waals surface area (Å²) < 4.78 is 27.5. The molecule has 0 saturated carbocycles. The van der Waals surface area contributed by atoms with Crippen LogP contribution in [-0.2, 0) is 14.8 Å². The summed E-state index contributed by atoms with van der Waals surface area (Å²) in [7, 11) is -3.56. The fourth-order valence-electron chi connectivity index (χ4n) is 2.76. The third-order valence-corrected chi connectivity index (χ3v) is 6.89. The van der Waals surface area contributed by atoms with Crippen LogP contribution in [0.2, 0.25) is 0 Å². The molecular weight excluding hydrogens is 358 g/mol. The summed E-state index contributed by atoms with van der Waals surface area (Å²) in [6.07, 6.45) is 3.87. The minimum Gasteiger partial charge on any atom is -0.325 e. The van der Waals surface area contributed by atoms with E-state index in [0.717, 1.165) is 25.7 Å². The first-order chi connectivity index (χ1) is 11.9. The topological polar surface area (TPSA) is 90.3 Å². The van der Waals surface area contributed by atoms with E-state index in [0.29, 0.717) is 24.3 Å². The van der Waals surface area contributed by atoms with Gasteiger partial charge in [-0.05, 0) is 37.5 Å². The lowest BCUT2D eigenvalue weighted by molar-refractivity contribution is -0.113. The van der Waals surface area contributed by atoms with E-state index in [4.69, 9.17) is 5.26 Å². The Bertz CT molecular complexity index is 749. The molecule has 1 aliphatic rings. The Labute approximate surface area is 153 Å². The Morgan fingerprint density at radius 3 is 2.60 bits per heavy atom. The second-order valence-corrected chi connectivity index (χ2v) is 8.89. The van der Waals surface area contributed by atoms with Gasteiger partial charge in [0.1, 0.15) is 0 Å². The van der Waals surface area contributed by atoms with Gasteiger partial charge < -0.3 is 5.32 Å². The standard InChI is InChI=1S/C17H23N3O3S2/c1-14-6-7-15(19-17(21)13-24-11-8-18)12-16(14)25(22,23)20-9-4-2-3-5-10-20/h6-7,12H,2-5,9-11,13H2,1H3,(H,19,21). The SMILES string of the molecule is Cc1ccc(NC(=O)CSCC#N)cc1S(=O)(=O)N1CCCCCC1. The van der Waals surface area contributed by atoms with Crippen LogP contribution in [-0.4, -0.2) is 43.2 Å². The second-order valence-electron chi connectivity index (χ2n) is 6.00. The number of benzene rings is 1. The van der Waals surface area contributed by atoms with Crippen LogP contribution in [0.5, 0.6) is 0 Å². The van der Waals surface area contributed by atoms with Gasteiger partial charge in [-0.2, -0.15) is 9.57 Å². The molecule has 1 heterocycles. The molecule has 1 aromatic rings. The summed E-state index contributed by atoms with van der Waals surface area (Å²) in [5.74, 6) is 0.160. The van der Waals surface area contributed by atoms with Crippen LogP contribution in [0.4, 0.5) is 5.69 Å². The number of carbonyl (C=O) groups excluding carboxylic acids is 1. The lowest BCUT2D eigenvalue weighted by Gasteiger charge is -2.21. The van der Waals surface area contributed by atoms with Crippen LogP contribution in [0, 0.1) is 18.3 Å². The Morgan fingerprint density at radius 1 is 1.28 bits per heavy atom. The van der Waals surface area contributed by atoms with E-state index in [1.54, 1.807) is 23.4 Å². The highest BCUT2D eigenvalue weighted by Gasteiger charge is 2.27. The zero-order valence-corrected chi connectivity index (χ0v) is 16.0. The van der Waals surface area contributed by atoms with Gasteiger partial charge in [0.2, 0.25) is 15.9 Å². The van der Waals surface area contributed by atoms with Crippen LogP contribution in [0.1, 0.15) is 31.2 Å². The third kappa shape index (κ3) is 5.46. The monoisotopic (exact) mass is 381 g/mol. The highest BCUT2D eigenvalue weighted by molar-refractivity contribution is 8.00. The number of thioether (sulfide) groups is 1. The van der Waals surface area contributed by atoms with Crippen molar-refractivity contribution in [1.29, 1.82) is 5.26 Å². The Balaban J connectivity index is 2.17. The van der Waals surface area contributed by atoms with Crippen molar-refractivity contribution >= 4 is 33.4 Å². The molecule has 0 atom stereocenters. The van der Waals surface area contributed by atoms with Crippen molar-refractivity contribution in [3.05, 3.63) is 23.8 Å². The molecule has 0 aliphatic carbocycles. The molecule has 8 heteroatoms. The molecule has 2 rings (SSSR count). The van der Waals surface area contributed by atoms with Gasteiger partial charge in [-0.15, -0.1) is 11.8 Å². The molecule has 1 amide bonds. The molecule has 0 unspecified atom stereocenters. The minimum atomic E-state index is -3.56. The molecule has 25 heavy (non-hydrogen) atoms. The van der Waals surface area contributed by atoms with Gasteiger partial charge in [0.15, 0.2) is 0 Å². The predicted molar refractivity (Wildman–Crippen MR) is 100.0 cm³/mol. The van der Waals surface area contributed by atoms with E-state index in [1.165, 1.54) is 17.8 Å². The van der Waals surface area contributed by atoms with E-state index in [2.05, 4.69) is 5.32 Å². The zero-order chi connectivity index (χ0) is 18.3. The van der Waals surface area contributed by atoms with E-state index in [-0.39, 0.29) is 22.3 Å². The van der Waals surface area contributed by atoms with E-state index in [9.17, 15) is 13.2 Å². The molecule has 0 spiro atoms. The van der Waals surface area contributed by atoms with Crippen LogP contribution >= 0.6 is 11.8 Å². The van der Waals surface area contributed by atoms with Crippen LogP contribution in [0.3, 0.4) is 0 Å². The molecule has 1 aliphatic heterocycles. The largest absolute Gasteiger partial charge is 0.325 e. The number of nitriles is 1. The van der Waals surface area contributed by atoms with E-state index >= 15 is 0 Å². The van der Waals surface area contributed by atoms with Crippen molar-refractivity contribution in [2.24, 2.45) is 0 Å². The number of nitrogens with zero attached hydrogens (tertiary/aromatic N) is 2. The van der Waals surface area contributed by atoms with Gasteiger partial charge in [-0.25, -0.2) is 8.42 Å². The third-order valence-electron chi connectivity index (χ3n) is 4.05.